The Kier molecular flexibility index (Phi) is 8.10. The van der Waals surface area contributed by atoms with Crippen LogP contribution in [0.1, 0.15) is 30.7 Å². The topological polar surface area (TPSA) is 75.0 Å². The van der Waals surface area contributed by atoms with Gasteiger partial charge in [0.1, 0.15) is 17.3 Å². The number of piperazine rings is 1. The van der Waals surface area contributed by atoms with Gasteiger partial charge in [0.15, 0.2) is 0 Å². The van der Waals surface area contributed by atoms with E-state index in [1.807, 2.05) is 26.0 Å². The predicted molar refractivity (Wildman–Crippen MR) is 134 cm³/mol. The Morgan fingerprint density at radius 3 is 2.46 bits per heavy atom. The first kappa shape index (κ1) is 25.2. The summed E-state index contributed by atoms with van der Waals surface area (Å²) in [4.78, 5) is 4.62. The summed E-state index contributed by atoms with van der Waals surface area (Å²) in [5.74, 6) is 1.15. The number of nitrogens with one attached hydrogen (secondary N) is 1. The number of hydrogen-bond acceptors (Lipinski definition) is 6. The predicted octanol–water partition coefficient (Wildman–Crippen LogP) is 4.36. The van der Waals surface area contributed by atoms with Crippen LogP contribution < -0.4 is 14.4 Å². The summed E-state index contributed by atoms with van der Waals surface area (Å²) < 4.78 is 53.6. The molecule has 1 aliphatic heterocycles. The zero-order chi connectivity index (χ0) is 24.8. The van der Waals surface area contributed by atoms with E-state index in [2.05, 4.69) is 14.5 Å². The Hall–Kier alpha value is -2.88. The Morgan fingerprint density at radius 2 is 1.83 bits per heavy atom. The lowest BCUT2D eigenvalue weighted by Gasteiger charge is -2.39. The minimum Gasteiger partial charge on any atom is -0.493 e. The number of halogens is 1. The highest BCUT2D eigenvalue weighted by Gasteiger charge is 2.29. The molecular weight excluding hydrogens is 469 g/mol. The summed E-state index contributed by atoms with van der Waals surface area (Å²) in [5.41, 5.74) is 1.75. The van der Waals surface area contributed by atoms with Crippen LogP contribution >= 0.6 is 0 Å². The lowest BCUT2D eigenvalue weighted by molar-refractivity contribution is 0.166. The third kappa shape index (κ3) is 6.22. The van der Waals surface area contributed by atoms with E-state index in [1.165, 1.54) is 12.1 Å². The minimum absolute atomic E-state index is 0.180. The van der Waals surface area contributed by atoms with Gasteiger partial charge in [-0.15, -0.1) is 0 Å². The number of sulfonamides is 1. The van der Waals surface area contributed by atoms with Crippen molar-refractivity contribution < 1.29 is 22.0 Å². The van der Waals surface area contributed by atoms with Gasteiger partial charge < -0.3 is 14.1 Å². The molecule has 9 heteroatoms. The monoisotopic (exact) mass is 501 g/mol. The van der Waals surface area contributed by atoms with Gasteiger partial charge in [-0.2, -0.15) is 0 Å². The number of aryl methyl sites for hydroxylation is 1. The fraction of sp³-hybridized carbons (Fsp3) is 0.385. The third-order valence-corrected chi connectivity index (χ3v) is 7.62. The van der Waals surface area contributed by atoms with Crippen LogP contribution in [0.2, 0.25) is 0 Å². The number of furan rings is 1. The molecule has 1 aliphatic rings. The maximum Gasteiger partial charge on any atom is 0.240 e. The molecule has 4 rings (SSSR count). The summed E-state index contributed by atoms with van der Waals surface area (Å²) in [5, 5.41) is 0. The summed E-state index contributed by atoms with van der Waals surface area (Å²) in [6.07, 6.45) is 2.48. The Balaban J connectivity index is 1.43. The number of benzene rings is 2. The van der Waals surface area contributed by atoms with E-state index in [-0.39, 0.29) is 23.3 Å². The average molecular weight is 502 g/mol. The summed E-state index contributed by atoms with van der Waals surface area (Å²) in [6, 6.07) is 14.8. The van der Waals surface area contributed by atoms with E-state index in [9.17, 15) is 12.8 Å². The fourth-order valence-corrected chi connectivity index (χ4v) is 5.39. The van der Waals surface area contributed by atoms with Crippen LogP contribution in [0.4, 0.5) is 10.1 Å². The van der Waals surface area contributed by atoms with Gasteiger partial charge in [0.2, 0.25) is 10.0 Å². The average Bonchev–Trinajstić information content (AvgIpc) is 3.39. The normalized spacial score (nSPS) is 15.8. The van der Waals surface area contributed by atoms with Crippen molar-refractivity contribution in [3.63, 3.8) is 0 Å². The molecule has 2 heterocycles. The molecule has 1 aromatic heterocycles. The molecule has 1 atom stereocenters. The molecule has 0 saturated carbocycles. The van der Waals surface area contributed by atoms with Crippen molar-refractivity contribution in [1.82, 2.24) is 9.62 Å². The number of nitrogens with zero attached hydrogens (tertiary/aromatic N) is 2. The molecule has 1 saturated heterocycles. The van der Waals surface area contributed by atoms with E-state index in [4.69, 9.17) is 9.15 Å². The Morgan fingerprint density at radius 1 is 1.09 bits per heavy atom. The largest absolute Gasteiger partial charge is 0.493 e. The van der Waals surface area contributed by atoms with Crippen molar-refractivity contribution in [1.29, 1.82) is 0 Å². The number of hydrogen-bond donors (Lipinski definition) is 1. The lowest BCUT2D eigenvalue weighted by Crippen LogP contribution is -2.49. The first-order chi connectivity index (χ1) is 16.9. The third-order valence-electron chi connectivity index (χ3n) is 6.20. The molecule has 0 radical (unpaired) electrons. The molecule has 0 amide bonds. The SMILES string of the molecule is CCCOc1ccc(S(=O)(=O)NCC(c2ccco2)N2CCN(c3ccc(F)cc3)CC2)cc1C. The molecule has 1 unspecified atom stereocenters. The second-order valence-electron chi connectivity index (χ2n) is 8.66. The first-order valence-electron chi connectivity index (χ1n) is 11.9. The number of anilines is 1. The molecule has 2 aromatic carbocycles. The molecule has 0 bridgehead atoms. The van der Waals surface area contributed by atoms with Gasteiger partial charge in [-0.25, -0.2) is 17.5 Å². The standard InChI is InChI=1S/C26H32FN3O4S/c1-3-16-33-25-11-10-23(18-20(25)2)35(31,32)28-19-24(26-5-4-17-34-26)30-14-12-29(13-15-30)22-8-6-21(27)7-9-22/h4-11,17-18,24,28H,3,12-16,19H2,1-2H3. The van der Waals surface area contributed by atoms with E-state index >= 15 is 0 Å². The molecule has 35 heavy (non-hydrogen) atoms. The van der Waals surface area contributed by atoms with Gasteiger partial charge >= 0.3 is 0 Å². The van der Waals surface area contributed by atoms with Crippen molar-refractivity contribution in [2.24, 2.45) is 0 Å². The van der Waals surface area contributed by atoms with Gasteiger partial charge in [0.25, 0.3) is 0 Å². The molecule has 0 aliphatic carbocycles. The highest BCUT2D eigenvalue weighted by molar-refractivity contribution is 7.89. The van der Waals surface area contributed by atoms with Gasteiger partial charge in [-0.05, 0) is 73.5 Å². The molecular formula is C26H32FN3O4S. The summed E-state index contributed by atoms with van der Waals surface area (Å²) in [7, 11) is -3.72. The zero-order valence-corrected chi connectivity index (χ0v) is 20.9. The van der Waals surface area contributed by atoms with Crippen LogP contribution in [0.15, 0.2) is 70.2 Å². The summed E-state index contributed by atoms with van der Waals surface area (Å²) >= 11 is 0. The fourth-order valence-electron chi connectivity index (χ4n) is 4.27. The quantitative estimate of drug-likeness (QED) is 0.445. The van der Waals surface area contributed by atoms with Crippen LogP contribution in [0.25, 0.3) is 0 Å². The van der Waals surface area contributed by atoms with Crippen LogP contribution in [0, 0.1) is 12.7 Å². The maximum absolute atomic E-state index is 13.3. The van der Waals surface area contributed by atoms with Gasteiger partial charge in [0.05, 0.1) is 23.8 Å². The van der Waals surface area contributed by atoms with E-state index in [0.717, 1.165) is 30.8 Å². The van der Waals surface area contributed by atoms with Gasteiger partial charge in [-0.3, -0.25) is 4.90 Å². The lowest BCUT2D eigenvalue weighted by atomic mass is 10.1. The van der Waals surface area contributed by atoms with E-state index in [1.54, 1.807) is 36.6 Å². The second-order valence-corrected chi connectivity index (χ2v) is 10.4. The molecule has 1 N–H and O–H groups in total. The highest BCUT2D eigenvalue weighted by atomic mass is 32.2. The molecule has 0 spiro atoms. The van der Waals surface area contributed by atoms with Crippen molar-refractivity contribution >= 4 is 15.7 Å². The van der Waals surface area contributed by atoms with Gasteiger partial charge in [-0.1, -0.05) is 6.92 Å². The van der Waals surface area contributed by atoms with Crippen molar-refractivity contribution in [2.45, 2.75) is 31.2 Å². The first-order valence-corrected chi connectivity index (χ1v) is 13.4. The van der Waals surface area contributed by atoms with Crippen molar-refractivity contribution in [2.75, 3.05) is 44.2 Å². The second kappa shape index (κ2) is 11.2. The van der Waals surface area contributed by atoms with Crippen molar-refractivity contribution in [3.8, 4) is 5.75 Å². The van der Waals surface area contributed by atoms with Crippen LogP contribution in [-0.2, 0) is 10.0 Å². The highest BCUT2D eigenvalue weighted by Crippen LogP contribution is 2.26. The van der Waals surface area contributed by atoms with Crippen LogP contribution in [0.5, 0.6) is 5.75 Å². The van der Waals surface area contributed by atoms with Crippen molar-refractivity contribution in [3.05, 3.63) is 78.0 Å². The smallest absolute Gasteiger partial charge is 0.240 e. The Labute approximate surface area is 206 Å². The molecule has 3 aromatic rings. The Bertz CT molecular complexity index is 1190. The zero-order valence-electron chi connectivity index (χ0n) is 20.1. The van der Waals surface area contributed by atoms with Crippen LogP contribution in [-0.4, -0.2) is 52.6 Å². The minimum atomic E-state index is -3.72. The van der Waals surface area contributed by atoms with Gasteiger partial charge in [0, 0.05) is 38.4 Å². The molecule has 1 fully saturated rings. The molecule has 188 valence electrons. The van der Waals surface area contributed by atoms with E-state index < -0.39 is 10.0 Å². The number of rotatable bonds is 10. The summed E-state index contributed by atoms with van der Waals surface area (Å²) in [6.45, 7) is 7.55. The van der Waals surface area contributed by atoms with Crippen LogP contribution in [0.3, 0.4) is 0 Å². The maximum atomic E-state index is 13.3. The molecule has 7 nitrogen and oxygen atoms in total. The number of ether oxygens (including phenoxy) is 1. The van der Waals surface area contributed by atoms with E-state index in [0.29, 0.717) is 31.2 Å².